The molecule has 0 radical (unpaired) electrons. The first kappa shape index (κ1) is 31.2. The molecule has 2 unspecified atom stereocenters. The van der Waals surface area contributed by atoms with Gasteiger partial charge in [0.15, 0.2) is 5.54 Å². The molecule has 1 aliphatic heterocycles. The number of nitrogens with zero attached hydrogens (tertiary/aromatic N) is 1. The number of alkyl halides is 3. The Morgan fingerprint density at radius 3 is 2.02 bits per heavy atom. The molecule has 1 heterocycles. The lowest BCUT2D eigenvalue weighted by Gasteiger charge is -2.39. The van der Waals surface area contributed by atoms with E-state index in [1.165, 1.54) is 42.2 Å². The number of nitrogens with one attached hydrogen (secondary N) is 1. The van der Waals surface area contributed by atoms with Crippen LogP contribution in [0.1, 0.15) is 56.0 Å². The first-order valence-electron chi connectivity index (χ1n) is 13.3. The molecule has 0 saturated heterocycles. The Labute approximate surface area is 245 Å². The van der Waals surface area contributed by atoms with Crippen molar-refractivity contribution in [3.8, 4) is 17.2 Å². The SMILES string of the molecule is CC(C)(C)OC(=O)N1CCc2ccc(Oc3ccc(C(F)(F)F)cc3)cc2C1C(=O)NC(C)(C(=O)O)c1ccc(O)cc1. The van der Waals surface area contributed by atoms with E-state index < -0.39 is 46.9 Å². The largest absolute Gasteiger partial charge is 0.508 e. The number of phenolic OH excluding ortho intramolecular Hbond substituents is 1. The summed E-state index contributed by atoms with van der Waals surface area (Å²) in [6, 6.07) is 12.8. The number of carboxylic acid groups (broad SMARTS) is 1. The van der Waals surface area contributed by atoms with Gasteiger partial charge in [0.1, 0.15) is 28.9 Å². The van der Waals surface area contributed by atoms with Crippen molar-refractivity contribution in [3.05, 3.63) is 89.0 Å². The fourth-order valence-corrected chi connectivity index (χ4v) is 4.66. The molecular weight excluding hydrogens is 569 g/mol. The summed E-state index contributed by atoms with van der Waals surface area (Å²) in [4.78, 5) is 40.9. The van der Waals surface area contributed by atoms with Crippen LogP contribution in [0.25, 0.3) is 0 Å². The average molecular weight is 601 g/mol. The number of aliphatic carboxylic acids is 1. The van der Waals surface area contributed by atoms with Gasteiger partial charge in [0.05, 0.1) is 5.56 Å². The van der Waals surface area contributed by atoms with Gasteiger partial charge in [-0.25, -0.2) is 9.59 Å². The van der Waals surface area contributed by atoms with Gasteiger partial charge in [0.25, 0.3) is 0 Å². The predicted molar refractivity (Wildman–Crippen MR) is 149 cm³/mol. The van der Waals surface area contributed by atoms with Crippen LogP contribution in [0.2, 0.25) is 0 Å². The van der Waals surface area contributed by atoms with Crippen molar-refractivity contribution in [2.24, 2.45) is 0 Å². The second-order valence-electron chi connectivity index (χ2n) is 11.3. The van der Waals surface area contributed by atoms with Crippen molar-refractivity contribution in [1.82, 2.24) is 10.2 Å². The molecule has 0 aliphatic carbocycles. The number of ether oxygens (including phenoxy) is 2. The van der Waals surface area contributed by atoms with Crippen molar-refractivity contribution in [2.45, 2.75) is 57.5 Å². The molecule has 3 N–H and O–H groups in total. The molecule has 0 aromatic heterocycles. The van der Waals surface area contributed by atoms with E-state index in [-0.39, 0.29) is 29.4 Å². The summed E-state index contributed by atoms with van der Waals surface area (Å²) < 4.78 is 50.3. The Balaban J connectivity index is 1.73. The lowest BCUT2D eigenvalue weighted by Crippen LogP contribution is -2.55. The van der Waals surface area contributed by atoms with Crippen LogP contribution in [0.4, 0.5) is 18.0 Å². The van der Waals surface area contributed by atoms with Crippen molar-refractivity contribution in [1.29, 1.82) is 0 Å². The van der Waals surface area contributed by atoms with Crippen LogP contribution in [-0.4, -0.2) is 45.2 Å². The Bertz CT molecular complexity index is 1520. The third kappa shape index (κ3) is 7.02. The first-order chi connectivity index (χ1) is 20.0. The molecule has 0 fully saturated rings. The number of hydrogen-bond donors (Lipinski definition) is 3. The summed E-state index contributed by atoms with van der Waals surface area (Å²) in [6.45, 7) is 6.37. The molecule has 228 valence electrons. The monoisotopic (exact) mass is 600 g/mol. The Morgan fingerprint density at radius 1 is 0.884 bits per heavy atom. The van der Waals surface area contributed by atoms with Crippen LogP contribution in [0.3, 0.4) is 0 Å². The van der Waals surface area contributed by atoms with Gasteiger partial charge in [-0.15, -0.1) is 0 Å². The normalized spacial score (nSPS) is 16.4. The van der Waals surface area contributed by atoms with E-state index >= 15 is 0 Å². The van der Waals surface area contributed by atoms with Crippen LogP contribution in [0.15, 0.2) is 66.7 Å². The van der Waals surface area contributed by atoms with Crippen LogP contribution >= 0.6 is 0 Å². The van der Waals surface area contributed by atoms with Gasteiger partial charge in [-0.05, 0) is 99.3 Å². The first-order valence-corrected chi connectivity index (χ1v) is 13.3. The van der Waals surface area contributed by atoms with E-state index in [4.69, 9.17) is 9.47 Å². The van der Waals surface area contributed by atoms with Crippen LogP contribution < -0.4 is 10.1 Å². The highest BCUT2D eigenvalue weighted by Gasteiger charge is 2.44. The lowest BCUT2D eigenvalue weighted by atomic mass is 9.88. The number of carbonyl (C=O) groups is 3. The van der Waals surface area contributed by atoms with Crippen LogP contribution in [-0.2, 0) is 32.5 Å². The van der Waals surface area contributed by atoms with E-state index in [2.05, 4.69) is 5.32 Å². The third-order valence-corrected chi connectivity index (χ3v) is 6.88. The molecule has 0 spiro atoms. The Morgan fingerprint density at radius 2 is 1.47 bits per heavy atom. The van der Waals surface area contributed by atoms with E-state index in [1.54, 1.807) is 32.9 Å². The van der Waals surface area contributed by atoms with Gasteiger partial charge in [0, 0.05) is 6.54 Å². The summed E-state index contributed by atoms with van der Waals surface area (Å²) in [6.07, 6.45) is -4.97. The number of phenols is 1. The van der Waals surface area contributed by atoms with E-state index in [9.17, 15) is 37.8 Å². The molecular formula is C31H31F3N2O7. The standard InChI is InChI=1S/C31H31F3N2O7/c1-29(2,3)43-28(41)36-16-15-18-5-12-23(42-22-13-8-20(9-14-22)31(32,33)34)17-24(18)25(36)26(38)35-30(4,27(39)40)19-6-10-21(37)11-7-19/h5-14,17,25,37H,15-16H2,1-4H3,(H,35,38)(H,39,40). The van der Waals surface area contributed by atoms with Gasteiger partial charge in [-0.3, -0.25) is 9.69 Å². The maximum absolute atomic E-state index is 14.0. The predicted octanol–water partition coefficient (Wildman–Crippen LogP) is 6.15. The molecule has 12 heteroatoms. The highest BCUT2D eigenvalue weighted by molar-refractivity contribution is 5.93. The minimum Gasteiger partial charge on any atom is -0.508 e. The molecule has 0 bridgehead atoms. The highest BCUT2D eigenvalue weighted by atomic mass is 19.4. The van der Waals surface area contributed by atoms with E-state index in [1.807, 2.05) is 0 Å². The number of fused-ring (bicyclic) bond motifs is 1. The molecule has 9 nitrogen and oxygen atoms in total. The Hall–Kier alpha value is -4.74. The molecule has 3 aromatic carbocycles. The van der Waals surface area contributed by atoms with Crippen molar-refractivity contribution < 1.29 is 47.2 Å². The summed E-state index contributed by atoms with van der Waals surface area (Å²) in [7, 11) is 0. The minimum atomic E-state index is -4.51. The maximum Gasteiger partial charge on any atom is 0.416 e. The van der Waals surface area contributed by atoms with Crippen LogP contribution in [0, 0.1) is 0 Å². The number of aromatic hydroxyl groups is 1. The van der Waals surface area contributed by atoms with Crippen molar-refractivity contribution in [2.75, 3.05) is 6.54 Å². The third-order valence-electron chi connectivity index (χ3n) is 6.88. The number of carbonyl (C=O) groups excluding carboxylic acids is 2. The molecule has 4 rings (SSSR count). The molecule has 2 atom stereocenters. The quantitative estimate of drug-likeness (QED) is 0.310. The molecule has 0 saturated carbocycles. The molecule has 3 aromatic rings. The van der Waals surface area contributed by atoms with Crippen molar-refractivity contribution in [3.63, 3.8) is 0 Å². The second kappa shape index (κ2) is 11.5. The average Bonchev–Trinajstić information content (AvgIpc) is 2.91. The van der Waals surface area contributed by atoms with Gasteiger partial charge in [-0.1, -0.05) is 18.2 Å². The number of hydrogen-bond acceptors (Lipinski definition) is 6. The molecule has 1 aliphatic rings. The van der Waals surface area contributed by atoms with Gasteiger partial charge in [-0.2, -0.15) is 13.2 Å². The zero-order valence-corrected chi connectivity index (χ0v) is 23.9. The number of amides is 2. The van der Waals surface area contributed by atoms with Gasteiger partial charge >= 0.3 is 18.2 Å². The maximum atomic E-state index is 14.0. The number of halogens is 3. The Kier molecular flexibility index (Phi) is 8.35. The summed E-state index contributed by atoms with van der Waals surface area (Å²) in [5.74, 6) is -2.01. The fourth-order valence-electron chi connectivity index (χ4n) is 4.66. The fraction of sp³-hybridized carbons (Fsp3) is 0.323. The summed E-state index contributed by atoms with van der Waals surface area (Å²) in [5, 5.41) is 22.4. The number of rotatable bonds is 6. The molecule has 43 heavy (non-hydrogen) atoms. The topological polar surface area (TPSA) is 125 Å². The smallest absolute Gasteiger partial charge is 0.416 e. The second-order valence-corrected chi connectivity index (χ2v) is 11.3. The van der Waals surface area contributed by atoms with Gasteiger partial charge < -0.3 is 25.0 Å². The zero-order chi connectivity index (χ0) is 31.7. The number of benzene rings is 3. The van der Waals surface area contributed by atoms with E-state index in [0.717, 1.165) is 24.3 Å². The van der Waals surface area contributed by atoms with Crippen LogP contribution in [0.5, 0.6) is 17.2 Å². The zero-order valence-electron chi connectivity index (χ0n) is 23.9. The lowest BCUT2D eigenvalue weighted by molar-refractivity contribution is -0.148. The minimum absolute atomic E-state index is 0.0854. The van der Waals surface area contributed by atoms with Crippen molar-refractivity contribution >= 4 is 18.0 Å². The van der Waals surface area contributed by atoms with Gasteiger partial charge in [0.2, 0.25) is 5.91 Å². The number of carboxylic acids is 1. The summed E-state index contributed by atoms with van der Waals surface area (Å²) >= 11 is 0. The highest BCUT2D eigenvalue weighted by Crippen LogP contribution is 2.37. The summed E-state index contributed by atoms with van der Waals surface area (Å²) in [5.41, 5.74) is -2.50. The molecule has 2 amide bonds. The van der Waals surface area contributed by atoms with E-state index in [0.29, 0.717) is 17.5 Å².